The van der Waals surface area contributed by atoms with Gasteiger partial charge in [0.15, 0.2) is 0 Å². The number of methoxy groups -OCH3 is 1. The number of likely N-dealkylation sites (tertiary alicyclic amines) is 1. The van der Waals surface area contributed by atoms with E-state index in [1.807, 2.05) is 4.90 Å². The number of anilines is 1. The van der Waals surface area contributed by atoms with Gasteiger partial charge in [-0.25, -0.2) is 0 Å². The Morgan fingerprint density at radius 2 is 1.62 bits per heavy atom. The van der Waals surface area contributed by atoms with Gasteiger partial charge in [-0.15, -0.1) is 10.2 Å². The average molecular weight is 487 g/mol. The first kappa shape index (κ1) is 24.1. The lowest BCUT2D eigenvalue weighted by atomic mass is 9.95. The Morgan fingerprint density at radius 3 is 2.24 bits per heavy atom. The maximum Gasteiger partial charge on any atom is 0.286 e. The van der Waals surface area contributed by atoms with Crippen molar-refractivity contribution in [2.75, 3.05) is 58.2 Å². The van der Waals surface area contributed by atoms with E-state index >= 15 is 0 Å². The van der Waals surface area contributed by atoms with Crippen LogP contribution in [0.3, 0.4) is 0 Å². The number of benzene rings is 1. The van der Waals surface area contributed by atoms with Gasteiger partial charge in [0.05, 0.1) is 7.11 Å². The van der Waals surface area contributed by atoms with Gasteiger partial charge in [0, 0.05) is 50.9 Å². The van der Waals surface area contributed by atoms with E-state index in [1.165, 1.54) is 0 Å². The maximum absolute atomic E-state index is 12.9. The number of amides is 3. The summed E-state index contributed by atoms with van der Waals surface area (Å²) in [5, 5.41) is 10.9. The van der Waals surface area contributed by atoms with Crippen molar-refractivity contribution in [2.45, 2.75) is 19.8 Å². The van der Waals surface area contributed by atoms with E-state index < -0.39 is 5.91 Å². The Kier molecular flexibility index (Phi) is 7.73. The summed E-state index contributed by atoms with van der Waals surface area (Å²) in [4.78, 5) is 44.3. The van der Waals surface area contributed by atoms with Gasteiger partial charge >= 0.3 is 0 Å². The van der Waals surface area contributed by atoms with Crippen molar-refractivity contribution < 1.29 is 19.1 Å². The van der Waals surface area contributed by atoms with E-state index in [9.17, 15) is 14.4 Å². The van der Waals surface area contributed by atoms with E-state index in [2.05, 4.69) is 27.3 Å². The monoisotopic (exact) mass is 486 g/mol. The highest BCUT2D eigenvalue weighted by Crippen LogP contribution is 2.23. The fourth-order valence-electron chi connectivity index (χ4n) is 4.27. The predicted octanol–water partition coefficient (Wildman–Crippen LogP) is 1.82. The van der Waals surface area contributed by atoms with Crippen LogP contribution in [-0.4, -0.2) is 95.5 Å². The Morgan fingerprint density at radius 1 is 0.971 bits per heavy atom. The number of nitrogens with one attached hydrogen (secondary N) is 1. The first-order valence-corrected chi connectivity index (χ1v) is 12.4. The Hall–Kier alpha value is -3.05. The lowest BCUT2D eigenvalue weighted by Crippen LogP contribution is -2.51. The van der Waals surface area contributed by atoms with Crippen molar-refractivity contribution in [1.82, 2.24) is 24.9 Å². The minimum Gasteiger partial charge on any atom is -0.497 e. The molecule has 2 aliphatic rings. The van der Waals surface area contributed by atoms with Gasteiger partial charge in [0.2, 0.25) is 15.9 Å². The molecule has 1 aromatic carbocycles. The number of piperidine rings is 1. The van der Waals surface area contributed by atoms with Crippen LogP contribution in [0.1, 0.15) is 39.4 Å². The van der Waals surface area contributed by atoms with E-state index in [4.69, 9.17) is 4.74 Å². The number of carbonyl (C=O) groups excluding carboxylic acids is 3. The molecule has 0 saturated carbocycles. The smallest absolute Gasteiger partial charge is 0.286 e. The van der Waals surface area contributed by atoms with Gasteiger partial charge in [-0.1, -0.05) is 18.3 Å². The molecule has 0 unspecified atom stereocenters. The highest BCUT2D eigenvalue weighted by molar-refractivity contribution is 7.15. The number of nitrogens with zero attached hydrogens (tertiary/aromatic N) is 5. The number of aromatic nitrogens is 2. The molecule has 2 aliphatic heterocycles. The summed E-state index contributed by atoms with van der Waals surface area (Å²) >= 11 is 0.972. The zero-order chi connectivity index (χ0) is 24.1. The van der Waals surface area contributed by atoms with Crippen LogP contribution in [0.25, 0.3) is 0 Å². The molecule has 34 heavy (non-hydrogen) atoms. The molecule has 1 N–H and O–H groups in total. The van der Waals surface area contributed by atoms with Crippen molar-refractivity contribution in [3.05, 3.63) is 34.3 Å². The third-order valence-electron chi connectivity index (χ3n) is 6.41. The number of hydrogen-bond acceptors (Lipinski definition) is 8. The zero-order valence-electron chi connectivity index (χ0n) is 19.5. The quantitative estimate of drug-likeness (QED) is 0.664. The lowest BCUT2D eigenvalue weighted by molar-refractivity contribution is -0.138. The molecule has 3 amide bonds. The summed E-state index contributed by atoms with van der Waals surface area (Å²) in [6.45, 7) is 7.54. The molecule has 3 heterocycles. The van der Waals surface area contributed by atoms with Crippen molar-refractivity contribution in [2.24, 2.45) is 5.92 Å². The van der Waals surface area contributed by atoms with E-state index in [0.29, 0.717) is 37.4 Å². The molecule has 10 nitrogen and oxygen atoms in total. The number of likely N-dealkylation sites (N-methyl/N-ethyl adjacent to an activating group) is 1. The molecule has 2 saturated heterocycles. The first-order chi connectivity index (χ1) is 16.5. The Balaban J connectivity index is 1.28. The van der Waals surface area contributed by atoms with Gasteiger partial charge < -0.3 is 24.8 Å². The van der Waals surface area contributed by atoms with Crippen LogP contribution in [0.4, 0.5) is 5.69 Å². The van der Waals surface area contributed by atoms with Gasteiger partial charge in [-0.2, -0.15) is 0 Å². The summed E-state index contributed by atoms with van der Waals surface area (Å²) in [6.07, 6.45) is 1.28. The van der Waals surface area contributed by atoms with Crippen LogP contribution in [0.2, 0.25) is 0 Å². The molecule has 0 radical (unpaired) electrons. The summed E-state index contributed by atoms with van der Waals surface area (Å²) in [5.41, 5.74) is 0.594. The molecule has 0 spiro atoms. The molecular weight excluding hydrogens is 456 g/mol. The second kappa shape index (κ2) is 10.9. The first-order valence-electron chi connectivity index (χ1n) is 11.6. The van der Waals surface area contributed by atoms with Crippen LogP contribution >= 0.6 is 11.3 Å². The normalized spacial score (nSPS) is 17.5. The second-order valence-electron chi connectivity index (χ2n) is 8.42. The van der Waals surface area contributed by atoms with Crippen molar-refractivity contribution in [1.29, 1.82) is 0 Å². The SMILES string of the molecule is CCN1CCN(C(=O)C2CCN(C(=O)c3nnc(C(=O)Nc4ccc(OC)cc4)s3)CC2)CC1. The van der Waals surface area contributed by atoms with Gasteiger partial charge in [0.25, 0.3) is 11.8 Å². The molecule has 0 atom stereocenters. The van der Waals surface area contributed by atoms with E-state index in [-0.39, 0.29) is 27.7 Å². The molecule has 2 fully saturated rings. The van der Waals surface area contributed by atoms with Crippen LogP contribution in [-0.2, 0) is 4.79 Å². The minimum absolute atomic E-state index is 0.0440. The lowest BCUT2D eigenvalue weighted by Gasteiger charge is -2.38. The molecule has 2 aromatic rings. The maximum atomic E-state index is 12.9. The number of hydrogen-bond donors (Lipinski definition) is 1. The number of piperazine rings is 1. The van der Waals surface area contributed by atoms with Crippen molar-refractivity contribution in [3.8, 4) is 5.75 Å². The zero-order valence-corrected chi connectivity index (χ0v) is 20.3. The fourth-order valence-corrected chi connectivity index (χ4v) is 4.97. The van der Waals surface area contributed by atoms with E-state index in [1.54, 1.807) is 36.3 Å². The standard InChI is InChI=1S/C23H30N6O4S/c1-3-27-12-14-29(15-13-27)22(31)16-8-10-28(11-9-16)23(32)21-26-25-20(34-21)19(30)24-17-4-6-18(33-2)7-5-17/h4-7,16H,3,8-15H2,1-2H3,(H,24,30). The van der Waals surface area contributed by atoms with Crippen molar-refractivity contribution >= 4 is 34.7 Å². The average Bonchev–Trinajstić information content (AvgIpc) is 3.39. The predicted molar refractivity (Wildman–Crippen MR) is 128 cm³/mol. The summed E-state index contributed by atoms with van der Waals surface area (Å²) < 4.78 is 5.11. The molecule has 1 aromatic heterocycles. The largest absolute Gasteiger partial charge is 0.497 e. The highest BCUT2D eigenvalue weighted by Gasteiger charge is 2.32. The van der Waals surface area contributed by atoms with Gasteiger partial charge in [-0.3, -0.25) is 14.4 Å². The molecule has 0 aliphatic carbocycles. The Labute approximate surface area is 202 Å². The summed E-state index contributed by atoms with van der Waals surface area (Å²) in [5.74, 6) is 0.178. The second-order valence-corrected chi connectivity index (χ2v) is 9.40. The van der Waals surface area contributed by atoms with Crippen LogP contribution < -0.4 is 10.1 Å². The molecule has 0 bridgehead atoms. The molecule has 4 rings (SSSR count). The van der Waals surface area contributed by atoms with Gasteiger partial charge in [-0.05, 0) is 43.7 Å². The summed E-state index contributed by atoms with van der Waals surface area (Å²) in [7, 11) is 1.57. The summed E-state index contributed by atoms with van der Waals surface area (Å²) in [6, 6.07) is 6.92. The number of rotatable bonds is 6. The Bertz CT molecular complexity index is 1010. The van der Waals surface area contributed by atoms with Crippen molar-refractivity contribution in [3.63, 3.8) is 0 Å². The molecular formula is C23H30N6O4S. The van der Waals surface area contributed by atoms with E-state index in [0.717, 1.165) is 44.1 Å². The van der Waals surface area contributed by atoms with Crippen LogP contribution in [0.15, 0.2) is 24.3 Å². The number of ether oxygens (including phenoxy) is 1. The minimum atomic E-state index is -0.422. The highest BCUT2D eigenvalue weighted by atomic mass is 32.1. The fraction of sp³-hybridized carbons (Fsp3) is 0.522. The van der Waals surface area contributed by atoms with Gasteiger partial charge in [0.1, 0.15) is 5.75 Å². The number of carbonyl (C=O) groups is 3. The third-order valence-corrected chi connectivity index (χ3v) is 7.32. The molecule has 182 valence electrons. The van der Waals surface area contributed by atoms with Crippen LogP contribution in [0, 0.1) is 5.92 Å². The topological polar surface area (TPSA) is 108 Å². The third kappa shape index (κ3) is 5.53. The van der Waals surface area contributed by atoms with Crippen LogP contribution in [0.5, 0.6) is 5.75 Å². The molecule has 11 heteroatoms.